The molecule has 2 N–H and O–H groups in total. The first-order valence-electron chi connectivity index (χ1n) is 5.41. The molecule has 13 heavy (non-hydrogen) atoms. The van der Waals surface area contributed by atoms with E-state index in [4.69, 9.17) is 0 Å². The summed E-state index contributed by atoms with van der Waals surface area (Å²) in [5, 5.41) is 12.7. The standard InChI is InChI=1S/C11H25NO/c1-6-11(8(2)3)12-9(4)7-10(5)13/h8-13H,6-7H2,1-5H3. The third-order valence-electron chi connectivity index (χ3n) is 2.44. The van der Waals surface area contributed by atoms with E-state index in [0.717, 1.165) is 12.8 Å². The number of hydrogen-bond donors (Lipinski definition) is 2. The van der Waals surface area contributed by atoms with Crippen molar-refractivity contribution < 1.29 is 5.11 Å². The van der Waals surface area contributed by atoms with Crippen LogP contribution in [0.3, 0.4) is 0 Å². The minimum atomic E-state index is -0.202. The molecule has 3 atom stereocenters. The van der Waals surface area contributed by atoms with Gasteiger partial charge in [-0.1, -0.05) is 20.8 Å². The fourth-order valence-electron chi connectivity index (χ4n) is 1.73. The quantitative estimate of drug-likeness (QED) is 0.668. The molecule has 0 fully saturated rings. The monoisotopic (exact) mass is 187 g/mol. The van der Waals surface area contributed by atoms with Crippen molar-refractivity contribution in [3.05, 3.63) is 0 Å². The summed E-state index contributed by atoms with van der Waals surface area (Å²) in [6, 6.07) is 0.987. The molecule has 0 aromatic heterocycles. The van der Waals surface area contributed by atoms with Gasteiger partial charge in [0.1, 0.15) is 0 Å². The van der Waals surface area contributed by atoms with Crippen molar-refractivity contribution in [3.63, 3.8) is 0 Å². The first-order valence-corrected chi connectivity index (χ1v) is 5.41. The second-order valence-electron chi connectivity index (χ2n) is 4.41. The van der Waals surface area contributed by atoms with Crippen molar-refractivity contribution in [3.8, 4) is 0 Å². The minimum Gasteiger partial charge on any atom is -0.393 e. The van der Waals surface area contributed by atoms with E-state index in [1.807, 2.05) is 6.92 Å². The van der Waals surface area contributed by atoms with Crippen LogP contribution in [0.5, 0.6) is 0 Å². The van der Waals surface area contributed by atoms with Crippen LogP contribution >= 0.6 is 0 Å². The fraction of sp³-hybridized carbons (Fsp3) is 1.00. The van der Waals surface area contributed by atoms with Crippen LogP contribution in [0, 0.1) is 5.92 Å². The molecule has 2 nitrogen and oxygen atoms in total. The van der Waals surface area contributed by atoms with Gasteiger partial charge in [-0.25, -0.2) is 0 Å². The number of aliphatic hydroxyl groups excluding tert-OH is 1. The lowest BCUT2D eigenvalue weighted by Crippen LogP contribution is -2.40. The Morgan fingerprint density at radius 2 is 1.69 bits per heavy atom. The van der Waals surface area contributed by atoms with Crippen LogP contribution < -0.4 is 5.32 Å². The third-order valence-corrected chi connectivity index (χ3v) is 2.44. The van der Waals surface area contributed by atoms with E-state index in [0.29, 0.717) is 18.0 Å². The first-order chi connectivity index (χ1) is 5.97. The van der Waals surface area contributed by atoms with E-state index in [1.165, 1.54) is 0 Å². The summed E-state index contributed by atoms with van der Waals surface area (Å²) in [6.45, 7) is 10.6. The van der Waals surface area contributed by atoms with E-state index in [1.54, 1.807) is 0 Å². The summed E-state index contributed by atoms with van der Waals surface area (Å²) < 4.78 is 0. The molecule has 0 aliphatic rings. The molecule has 3 unspecified atom stereocenters. The largest absolute Gasteiger partial charge is 0.393 e. The van der Waals surface area contributed by atoms with Crippen molar-refractivity contribution in [1.82, 2.24) is 5.32 Å². The molecule has 0 amide bonds. The van der Waals surface area contributed by atoms with Gasteiger partial charge < -0.3 is 10.4 Å². The summed E-state index contributed by atoms with van der Waals surface area (Å²) in [5.74, 6) is 0.668. The number of aliphatic hydroxyl groups is 1. The van der Waals surface area contributed by atoms with E-state index in [2.05, 4.69) is 33.0 Å². The van der Waals surface area contributed by atoms with Gasteiger partial charge in [0.15, 0.2) is 0 Å². The Kier molecular flexibility index (Phi) is 6.35. The van der Waals surface area contributed by atoms with Gasteiger partial charge >= 0.3 is 0 Å². The molecule has 0 saturated carbocycles. The lowest BCUT2D eigenvalue weighted by molar-refractivity contribution is 0.164. The lowest BCUT2D eigenvalue weighted by Gasteiger charge is -2.26. The SMILES string of the molecule is CCC(NC(C)CC(C)O)C(C)C. The fourth-order valence-corrected chi connectivity index (χ4v) is 1.73. The topological polar surface area (TPSA) is 32.3 Å². The molecule has 2 heteroatoms. The molecule has 0 aliphatic heterocycles. The molecule has 0 radical (unpaired) electrons. The maximum absolute atomic E-state index is 9.21. The zero-order valence-electron chi connectivity index (χ0n) is 9.67. The number of hydrogen-bond acceptors (Lipinski definition) is 2. The van der Waals surface area contributed by atoms with Crippen LogP contribution in [0.2, 0.25) is 0 Å². The molecule has 0 aliphatic carbocycles. The Morgan fingerprint density at radius 3 is 2.00 bits per heavy atom. The zero-order valence-corrected chi connectivity index (χ0v) is 9.67. The maximum atomic E-state index is 9.21. The van der Waals surface area contributed by atoms with Crippen molar-refractivity contribution >= 4 is 0 Å². The molecule has 80 valence electrons. The summed E-state index contributed by atoms with van der Waals surface area (Å²) >= 11 is 0. The Labute approximate surface area is 82.7 Å². The van der Waals surface area contributed by atoms with Gasteiger partial charge in [0, 0.05) is 12.1 Å². The molecule has 0 heterocycles. The summed E-state index contributed by atoms with van der Waals surface area (Å²) in [7, 11) is 0. The van der Waals surface area contributed by atoms with Crippen LogP contribution in [-0.4, -0.2) is 23.3 Å². The van der Waals surface area contributed by atoms with Gasteiger partial charge in [0.2, 0.25) is 0 Å². The van der Waals surface area contributed by atoms with Gasteiger partial charge in [0.25, 0.3) is 0 Å². The molecule has 0 aromatic rings. The lowest BCUT2D eigenvalue weighted by atomic mass is 10.00. The third kappa shape index (κ3) is 6.05. The second-order valence-corrected chi connectivity index (χ2v) is 4.41. The Bertz CT molecular complexity index is 123. The van der Waals surface area contributed by atoms with E-state index < -0.39 is 0 Å². The average Bonchev–Trinajstić information content (AvgIpc) is 1.98. The van der Waals surface area contributed by atoms with Crippen LogP contribution in [0.25, 0.3) is 0 Å². The second kappa shape index (κ2) is 6.39. The number of nitrogens with one attached hydrogen (secondary N) is 1. The Balaban J connectivity index is 3.79. The molecule has 0 bridgehead atoms. The normalized spacial score (nSPS) is 18.7. The summed E-state index contributed by atoms with van der Waals surface area (Å²) in [6.07, 6.45) is 1.79. The van der Waals surface area contributed by atoms with Crippen molar-refractivity contribution in [1.29, 1.82) is 0 Å². The molecular formula is C11H25NO. The highest BCUT2D eigenvalue weighted by Gasteiger charge is 2.14. The first kappa shape index (κ1) is 12.9. The highest BCUT2D eigenvalue weighted by Crippen LogP contribution is 2.08. The predicted molar refractivity (Wildman–Crippen MR) is 57.8 cm³/mol. The smallest absolute Gasteiger partial charge is 0.0526 e. The number of rotatable bonds is 6. The van der Waals surface area contributed by atoms with Gasteiger partial charge in [-0.15, -0.1) is 0 Å². The van der Waals surface area contributed by atoms with E-state index >= 15 is 0 Å². The minimum absolute atomic E-state index is 0.202. The molecule has 0 aromatic carbocycles. The molecule has 0 spiro atoms. The Morgan fingerprint density at radius 1 is 1.15 bits per heavy atom. The van der Waals surface area contributed by atoms with Crippen molar-refractivity contribution in [2.45, 2.75) is 65.6 Å². The highest BCUT2D eigenvalue weighted by atomic mass is 16.3. The van der Waals surface area contributed by atoms with Crippen LogP contribution in [0.4, 0.5) is 0 Å². The Hall–Kier alpha value is -0.0800. The van der Waals surface area contributed by atoms with Gasteiger partial charge in [-0.2, -0.15) is 0 Å². The van der Waals surface area contributed by atoms with Crippen LogP contribution in [0.15, 0.2) is 0 Å². The molecular weight excluding hydrogens is 162 g/mol. The van der Waals surface area contributed by atoms with Crippen molar-refractivity contribution in [2.24, 2.45) is 5.92 Å². The van der Waals surface area contributed by atoms with E-state index in [-0.39, 0.29) is 6.10 Å². The zero-order chi connectivity index (χ0) is 10.4. The van der Waals surface area contributed by atoms with Gasteiger partial charge in [-0.05, 0) is 32.6 Å². The summed E-state index contributed by atoms with van der Waals surface area (Å²) in [5.41, 5.74) is 0. The van der Waals surface area contributed by atoms with E-state index in [9.17, 15) is 5.11 Å². The highest BCUT2D eigenvalue weighted by molar-refractivity contribution is 4.74. The predicted octanol–water partition coefficient (Wildman–Crippen LogP) is 2.17. The molecule has 0 rings (SSSR count). The van der Waals surface area contributed by atoms with Crippen molar-refractivity contribution in [2.75, 3.05) is 0 Å². The van der Waals surface area contributed by atoms with Crippen LogP contribution in [-0.2, 0) is 0 Å². The summed E-state index contributed by atoms with van der Waals surface area (Å²) in [4.78, 5) is 0. The van der Waals surface area contributed by atoms with Crippen LogP contribution in [0.1, 0.15) is 47.5 Å². The maximum Gasteiger partial charge on any atom is 0.0526 e. The molecule has 0 saturated heterocycles. The van der Waals surface area contributed by atoms with Gasteiger partial charge in [0.05, 0.1) is 6.10 Å². The average molecular weight is 187 g/mol. The van der Waals surface area contributed by atoms with Gasteiger partial charge in [-0.3, -0.25) is 0 Å².